The van der Waals surface area contributed by atoms with Crippen molar-refractivity contribution in [1.82, 2.24) is 0 Å². The molecule has 0 fully saturated rings. The first kappa shape index (κ1) is 11.9. The minimum atomic E-state index is 0.460. The van der Waals surface area contributed by atoms with Crippen LogP contribution in [-0.2, 0) is 6.54 Å². The summed E-state index contributed by atoms with van der Waals surface area (Å²) in [4.78, 5) is 0. The van der Waals surface area contributed by atoms with E-state index in [0.29, 0.717) is 19.1 Å². The van der Waals surface area contributed by atoms with Crippen LogP contribution in [0.2, 0.25) is 0 Å². The molecule has 0 aliphatic carbocycles. The maximum absolute atomic E-state index is 5.65. The van der Waals surface area contributed by atoms with Crippen LogP contribution in [0.5, 0.6) is 11.5 Å². The van der Waals surface area contributed by atoms with Gasteiger partial charge in [0.15, 0.2) is 11.5 Å². The third-order valence-electron chi connectivity index (χ3n) is 2.06. The Labute approximate surface area is 91.2 Å². The molecule has 3 nitrogen and oxygen atoms in total. The van der Waals surface area contributed by atoms with E-state index in [1.165, 1.54) is 0 Å². The maximum atomic E-state index is 5.65. The average Bonchev–Trinajstić information content (AvgIpc) is 2.25. The number of methoxy groups -OCH3 is 1. The number of ether oxygens (including phenoxy) is 2. The van der Waals surface area contributed by atoms with Crippen molar-refractivity contribution in [3.05, 3.63) is 23.8 Å². The van der Waals surface area contributed by atoms with Gasteiger partial charge in [-0.3, -0.25) is 0 Å². The van der Waals surface area contributed by atoms with Crippen molar-refractivity contribution in [2.75, 3.05) is 13.7 Å². The lowest BCUT2D eigenvalue weighted by atomic mass is 10.2. The minimum absolute atomic E-state index is 0.460. The van der Waals surface area contributed by atoms with Crippen molar-refractivity contribution in [3.63, 3.8) is 0 Å². The molecule has 2 N–H and O–H groups in total. The minimum Gasteiger partial charge on any atom is -0.493 e. The molecule has 15 heavy (non-hydrogen) atoms. The standard InChI is InChI=1S/C12H19NO2/c1-9(2)8-15-11-6-4-5-10(7-13)12(11)14-3/h4-6,9H,7-8,13H2,1-3H3. The van der Waals surface area contributed by atoms with Gasteiger partial charge in [0.1, 0.15) is 0 Å². The van der Waals surface area contributed by atoms with E-state index in [-0.39, 0.29) is 0 Å². The highest BCUT2D eigenvalue weighted by Crippen LogP contribution is 2.30. The highest BCUT2D eigenvalue weighted by Gasteiger charge is 2.09. The van der Waals surface area contributed by atoms with Crippen LogP contribution in [0, 0.1) is 5.92 Å². The van der Waals surface area contributed by atoms with Gasteiger partial charge in [-0.1, -0.05) is 26.0 Å². The van der Waals surface area contributed by atoms with Gasteiger partial charge in [-0.2, -0.15) is 0 Å². The van der Waals surface area contributed by atoms with Gasteiger partial charge in [-0.25, -0.2) is 0 Å². The van der Waals surface area contributed by atoms with Crippen LogP contribution in [0.3, 0.4) is 0 Å². The second-order valence-electron chi connectivity index (χ2n) is 3.86. The molecular formula is C12H19NO2. The number of hydrogen-bond donors (Lipinski definition) is 1. The van der Waals surface area contributed by atoms with Gasteiger partial charge in [-0.05, 0) is 12.0 Å². The molecule has 1 aromatic carbocycles. The summed E-state index contributed by atoms with van der Waals surface area (Å²) in [7, 11) is 1.64. The Morgan fingerprint density at radius 3 is 2.60 bits per heavy atom. The van der Waals surface area contributed by atoms with Crippen molar-refractivity contribution < 1.29 is 9.47 Å². The van der Waals surface area contributed by atoms with E-state index in [4.69, 9.17) is 15.2 Å². The largest absolute Gasteiger partial charge is 0.493 e. The lowest BCUT2D eigenvalue weighted by Crippen LogP contribution is -2.07. The number of rotatable bonds is 5. The Hall–Kier alpha value is -1.22. The van der Waals surface area contributed by atoms with Gasteiger partial charge in [0, 0.05) is 12.1 Å². The van der Waals surface area contributed by atoms with Crippen molar-refractivity contribution in [2.24, 2.45) is 11.7 Å². The third kappa shape index (κ3) is 3.13. The molecule has 0 saturated carbocycles. The summed E-state index contributed by atoms with van der Waals surface area (Å²) in [5, 5.41) is 0. The summed E-state index contributed by atoms with van der Waals surface area (Å²) in [6.07, 6.45) is 0. The maximum Gasteiger partial charge on any atom is 0.165 e. The van der Waals surface area contributed by atoms with Crippen LogP contribution in [-0.4, -0.2) is 13.7 Å². The first-order valence-electron chi connectivity index (χ1n) is 5.17. The SMILES string of the molecule is COc1c(CN)cccc1OCC(C)C. The van der Waals surface area contributed by atoms with E-state index >= 15 is 0 Å². The number of benzene rings is 1. The number of para-hydroxylation sites is 1. The molecule has 0 radical (unpaired) electrons. The molecule has 0 bridgehead atoms. The highest BCUT2D eigenvalue weighted by atomic mass is 16.5. The topological polar surface area (TPSA) is 44.5 Å². The first-order chi connectivity index (χ1) is 7.19. The molecule has 0 amide bonds. The quantitative estimate of drug-likeness (QED) is 0.808. The van der Waals surface area contributed by atoms with E-state index in [2.05, 4.69) is 13.8 Å². The Bertz CT molecular complexity index is 310. The molecule has 0 heterocycles. The van der Waals surface area contributed by atoms with Crippen LogP contribution < -0.4 is 15.2 Å². The molecule has 1 rings (SSSR count). The van der Waals surface area contributed by atoms with Crippen LogP contribution in [0.25, 0.3) is 0 Å². The molecule has 0 aliphatic rings. The second kappa shape index (κ2) is 5.61. The molecule has 0 saturated heterocycles. The van der Waals surface area contributed by atoms with E-state index in [1.54, 1.807) is 7.11 Å². The second-order valence-corrected chi connectivity index (χ2v) is 3.86. The number of nitrogens with two attached hydrogens (primary N) is 1. The molecular weight excluding hydrogens is 190 g/mol. The fraction of sp³-hybridized carbons (Fsp3) is 0.500. The van der Waals surface area contributed by atoms with Crippen molar-refractivity contribution in [3.8, 4) is 11.5 Å². The van der Waals surface area contributed by atoms with E-state index in [1.807, 2.05) is 18.2 Å². The van der Waals surface area contributed by atoms with E-state index in [0.717, 1.165) is 17.1 Å². The molecule has 0 atom stereocenters. The molecule has 0 aromatic heterocycles. The Morgan fingerprint density at radius 1 is 1.33 bits per heavy atom. The highest BCUT2D eigenvalue weighted by molar-refractivity contribution is 5.46. The van der Waals surface area contributed by atoms with Gasteiger partial charge in [0.2, 0.25) is 0 Å². The van der Waals surface area contributed by atoms with Gasteiger partial charge in [0.05, 0.1) is 13.7 Å². The molecule has 0 aliphatic heterocycles. The normalized spacial score (nSPS) is 10.5. The summed E-state index contributed by atoms with van der Waals surface area (Å²) in [6, 6.07) is 5.78. The lowest BCUT2D eigenvalue weighted by Gasteiger charge is -2.14. The average molecular weight is 209 g/mol. The zero-order valence-electron chi connectivity index (χ0n) is 9.62. The lowest BCUT2D eigenvalue weighted by molar-refractivity contribution is 0.256. The van der Waals surface area contributed by atoms with Crippen LogP contribution >= 0.6 is 0 Å². The fourth-order valence-corrected chi connectivity index (χ4v) is 1.32. The molecule has 84 valence electrons. The van der Waals surface area contributed by atoms with E-state index in [9.17, 15) is 0 Å². The summed E-state index contributed by atoms with van der Waals surface area (Å²) < 4.78 is 10.9. The van der Waals surface area contributed by atoms with Crippen molar-refractivity contribution >= 4 is 0 Å². The van der Waals surface area contributed by atoms with Gasteiger partial charge in [-0.15, -0.1) is 0 Å². The predicted octanol–water partition coefficient (Wildman–Crippen LogP) is 2.19. The molecule has 0 spiro atoms. The van der Waals surface area contributed by atoms with Gasteiger partial charge < -0.3 is 15.2 Å². The molecule has 1 aromatic rings. The number of hydrogen-bond acceptors (Lipinski definition) is 3. The van der Waals surface area contributed by atoms with Crippen LogP contribution in [0.4, 0.5) is 0 Å². The van der Waals surface area contributed by atoms with Gasteiger partial charge in [0.25, 0.3) is 0 Å². The van der Waals surface area contributed by atoms with Crippen LogP contribution in [0.15, 0.2) is 18.2 Å². The summed E-state index contributed by atoms with van der Waals surface area (Å²) in [5.41, 5.74) is 6.59. The zero-order chi connectivity index (χ0) is 11.3. The van der Waals surface area contributed by atoms with Crippen LogP contribution in [0.1, 0.15) is 19.4 Å². The fourth-order valence-electron chi connectivity index (χ4n) is 1.32. The Kier molecular flexibility index (Phi) is 4.43. The molecule has 0 unspecified atom stereocenters. The summed E-state index contributed by atoms with van der Waals surface area (Å²) in [6.45, 7) is 5.37. The zero-order valence-corrected chi connectivity index (χ0v) is 9.62. The summed E-state index contributed by atoms with van der Waals surface area (Å²) in [5.74, 6) is 2.02. The third-order valence-corrected chi connectivity index (χ3v) is 2.06. The van der Waals surface area contributed by atoms with Crippen molar-refractivity contribution in [2.45, 2.75) is 20.4 Å². The summed E-state index contributed by atoms with van der Waals surface area (Å²) >= 11 is 0. The smallest absolute Gasteiger partial charge is 0.165 e. The van der Waals surface area contributed by atoms with Gasteiger partial charge >= 0.3 is 0 Å². The predicted molar refractivity (Wildman–Crippen MR) is 61.2 cm³/mol. The van der Waals surface area contributed by atoms with E-state index < -0.39 is 0 Å². The molecule has 3 heteroatoms. The Morgan fingerprint density at radius 2 is 2.07 bits per heavy atom. The first-order valence-corrected chi connectivity index (χ1v) is 5.17. The Balaban J connectivity index is 2.86. The van der Waals surface area contributed by atoms with Crippen molar-refractivity contribution in [1.29, 1.82) is 0 Å². The monoisotopic (exact) mass is 209 g/mol.